The lowest BCUT2D eigenvalue weighted by Gasteiger charge is -2.08. The number of halogens is 6. The van der Waals surface area contributed by atoms with Gasteiger partial charge in [-0.15, -0.1) is 0 Å². The molecule has 2 rings (SSSR count). The SMILES string of the molecule is O=C(O)c1cc(C(F)(F)F)ccc1O.OCc1cc(C(F)(F)F)ccc1O. The number of hydrogen-bond donors (Lipinski definition) is 4. The summed E-state index contributed by atoms with van der Waals surface area (Å²) in [7, 11) is 0. The number of hydrogen-bond acceptors (Lipinski definition) is 4. The maximum Gasteiger partial charge on any atom is 0.416 e. The lowest BCUT2D eigenvalue weighted by Crippen LogP contribution is -2.07. The number of rotatable bonds is 2. The van der Waals surface area contributed by atoms with Crippen LogP contribution < -0.4 is 0 Å². The molecule has 0 aromatic heterocycles. The second kappa shape index (κ2) is 8.16. The summed E-state index contributed by atoms with van der Waals surface area (Å²) in [4.78, 5) is 10.4. The summed E-state index contributed by atoms with van der Waals surface area (Å²) in [6.07, 6.45) is -9.06. The summed E-state index contributed by atoms with van der Waals surface area (Å²) in [6, 6.07) is 4.09. The lowest BCUT2D eigenvalue weighted by atomic mass is 10.1. The molecule has 4 N–H and O–H groups in total. The van der Waals surface area contributed by atoms with Gasteiger partial charge >= 0.3 is 18.3 Å². The van der Waals surface area contributed by atoms with Gasteiger partial charge in [-0.3, -0.25) is 0 Å². The maximum absolute atomic E-state index is 12.1. The van der Waals surface area contributed by atoms with Gasteiger partial charge in [-0.25, -0.2) is 4.79 Å². The van der Waals surface area contributed by atoms with E-state index in [1.165, 1.54) is 0 Å². The highest BCUT2D eigenvalue weighted by molar-refractivity contribution is 5.90. The Morgan fingerprint density at radius 1 is 0.815 bits per heavy atom. The molecule has 0 bridgehead atoms. The zero-order valence-electron chi connectivity index (χ0n) is 13.1. The van der Waals surface area contributed by atoms with Crippen LogP contribution >= 0.6 is 0 Å². The second-order valence-electron chi connectivity index (χ2n) is 5.03. The highest BCUT2D eigenvalue weighted by Gasteiger charge is 2.32. The average Bonchev–Trinajstić information content (AvgIpc) is 2.53. The zero-order valence-corrected chi connectivity index (χ0v) is 13.1. The number of carbonyl (C=O) groups is 1. The number of aliphatic hydroxyl groups excluding tert-OH is 1. The van der Waals surface area contributed by atoms with E-state index in [9.17, 15) is 31.1 Å². The first kappa shape index (κ1) is 22.1. The number of aromatic hydroxyl groups is 2. The van der Waals surface area contributed by atoms with Crippen LogP contribution in [0.2, 0.25) is 0 Å². The van der Waals surface area contributed by atoms with Gasteiger partial charge in [0.2, 0.25) is 0 Å². The predicted molar refractivity (Wildman–Crippen MR) is 79.1 cm³/mol. The molecule has 11 heteroatoms. The van der Waals surface area contributed by atoms with E-state index < -0.39 is 47.4 Å². The Bertz CT molecular complexity index is 814. The van der Waals surface area contributed by atoms with E-state index in [1.54, 1.807) is 0 Å². The Morgan fingerprint density at radius 3 is 1.67 bits per heavy atom. The van der Waals surface area contributed by atoms with E-state index in [0.717, 1.165) is 18.2 Å². The van der Waals surface area contributed by atoms with Gasteiger partial charge in [0.15, 0.2) is 0 Å². The Morgan fingerprint density at radius 2 is 1.26 bits per heavy atom. The molecule has 5 nitrogen and oxygen atoms in total. The molecule has 0 spiro atoms. The Labute approximate surface area is 147 Å². The van der Waals surface area contributed by atoms with Gasteiger partial charge in [-0.2, -0.15) is 26.3 Å². The van der Waals surface area contributed by atoms with E-state index in [-0.39, 0.29) is 11.3 Å². The molecule has 0 aliphatic carbocycles. The number of phenols is 2. The fourth-order valence-corrected chi connectivity index (χ4v) is 1.77. The Hall–Kier alpha value is -2.95. The van der Waals surface area contributed by atoms with E-state index >= 15 is 0 Å². The Kier molecular flexibility index (Phi) is 6.68. The highest BCUT2D eigenvalue weighted by atomic mass is 19.4. The third-order valence-corrected chi connectivity index (χ3v) is 3.13. The number of benzene rings is 2. The highest BCUT2D eigenvalue weighted by Crippen LogP contribution is 2.33. The quantitative estimate of drug-likeness (QED) is 0.573. The van der Waals surface area contributed by atoms with Gasteiger partial charge in [-0.05, 0) is 36.4 Å². The standard InChI is InChI=1S/C8H5F3O3.C8H7F3O2/c9-8(10,11)4-1-2-6(12)5(3-4)7(13)14;9-8(10,11)6-1-2-7(13)5(3-6)4-12/h1-3,12H,(H,13,14);1-3,12-13H,4H2. The molecular weight excluding hydrogens is 386 g/mol. The second-order valence-corrected chi connectivity index (χ2v) is 5.03. The summed E-state index contributed by atoms with van der Waals surface area (Å²) in [5.74, 6) is -2.63. The number of aliphatic hydroxyl groups is 1. The summed E-state index contributed by atoms with van der Waals surface area (Å²) < 4.78 is 72.5. The van der Waals surface area contributed by atoms with Crippen LogP contribution in [0.5, 0.6) is 11.5 Å². The van der Waals surface area contributed by atoms with Crippen molar-refractivity contribution in [3.63, 3.8) is 0 Å². The normalized spacial score (nSPS) is 11.5. The van der Waals surface area contributed by atoms with Gasteiger partial charge in [-0.1, -0.05) is 0 Å². The van der Waals surface area contributed by atoms with Crippen molar-refractivity contribution in [3.05, 3.63) is 58.7 Å². The molecule has 2 aromatic rings. The molecule has 0 radical (unpaired) electrons. The first-order valence-electron chi connectivity index (χ1n) is 6.90. The van der Waals surface area contributed by atoms with Crippen molar-refractivity contribution in [1.29, 1.82) is 0 Å². The molecule has 0 fully saturated rings. The van der Waals surface area contributed by atoms with E-state index in [1.807, 2.05) is 0 Å². The van der Waals surface area contributed by atoms with Crippen molar-refractivity contribution in [2.45, 2.75) is 19.0 Å². The minimum atomic E-state index is -4.61. The summed E-state index contributed by atoms with van der Waals surface area (Å²) in [5.41, 5.74) is -2.88. The molecule has 148 valence electrons. The van der Waals surface area contributed by atoms with Crippen LogP contribution in [0.25, 0.3) is 0 Å². The van der Waals surface area contributed by atoms with Gasteiger partial charge in [0.1, 0.15) is 17.1 Å². The van der Waals surface area contributed by atoms with Crippen LogP contribution in [-0.4, -0.2) is 26.4 Å². The van der Waals surface area contributed by atoms with Crippen LogP contribution in [0.15, 0.2) is 36.4 Å². The summed E-state index contributed by atoms with van der Waals surface area (Å²) >= 11 is 0. The molecule has 0 aliphatic heterocycles. The molecule has 0 amide bonds. The summed E-state index contributed by atoms with van der Waals surface area (Å²) in [5, 5.41) is 34.9. The van der Waals surface area contributed by atoms with Crippen LogP contribution in [0.3, 0.4) is 0 Å². The molecule has 0 heterocycles. The minimum Gasteiger partial charge on any atom is -0.508 e. The number of alkyl halides is 6. The van der Waals surface area contributed by atoms with Crippen molar-refractivity contribution in [1.82, 2.24) is 0 Å². The van der Waals surface area contributed by atoms with Crippen LogP contribution in [0.1, 0.15) is 27.0 Å². The smallest absolute Gasteiger partial charge is 0.416 e. The molecule has 0 saturated carbocycles. The van der Waals surface area contributed by atoms with E-state index in [0.29, 0.717) is 18.2 Å². The van der Waals surface area contributed by atoms with E-state index in [4.69, 9.17) is 20.4 Å². The summed E-state index contributed by atoms with van der Waals surface area (Å²) in [6.45, 7) is -0.615. The van der Waals surface area contributed by atoms with Crippen LogP contribution in [0, 0.1) is 0 Å². The van der Waals surface area contributed by atoms with Crippen molar-refractivity contribution < 1.29 is 51.6 Å². The zero-order chi connectivity index (χ0) is 21.0. The number of carboxylic acids is 1. The number of carboxylic acid groups (broad SMARTS) is 1. The molecule has 0 unspecified atom stereocenters. The first-order chi connectivity index (χ1) is 12.3. The topological polar surface area (TPSA) is 98.0 Å². The fraction of sp³-hybridized carbons (Fsp3) is 0.188. The van der Waals surface area contributed by atoms with Crippen LogP contribution in [0.4, 0.5) is 26.3 Å². The first-order valence-corrected chi connectivity index (χ1v) is 6.90. The minimum absolute atomic E-state index is 0.130. The lowest BCUT2D eigenvalue weighted by molar-refractivity contribution is -0.138. The molecule has 0 saturated heterocycles. The molecule has 2 aromatic carbocycles. The van der Waals surface area contributed by atoms with Crippen molar-refractivity contribution in [2.24, 2.45) is 0 Å². The van der Waals surface area contributed by atoms with Crippen molar-refractivity contribution >= 4 is 5.97 Å². The van der Waals surface area contributed by atoms with E-state index in [2.05, 4.69) is 0 Å². The monoisotopic (exact) mass is 398 g/mol. The molecule has 27 heavy (non-hydrogen) atoms. The van der Waals surface area contributed by atoms with Crippen molar-refractivity contribution in [3.8, 4) is 11.5 Å². The Balaban J connectivity index is 0.000000271. The number of aromatic carboxylic acids is 1. The van der Waals surface area contributed by atoms with Gasteiger partial charge in [0.05, 0.1) is 17.7 Å². The maximum atomic E-state index is 12.1. The molecule has 0 aliphatic rings. The van der Waals surface area contributed by atoms with Gasteiger partial charge in [0.25, 0.3) is 0 Å². The largest absolute Gasteiger partial charge is 0.508 e. The van der Waals surface area contributed by atoms with Crippen molar-refractivity contribution in [2.75, 3.05) is 0 Å². The van der Waals surface area contributed by atoms with Gasteiger partial charge in [0, 0.05) is 5.56 Å². The fourth-order valence-electron chi connectivity index (χ4n) is 1.77. The molecule has 0 atom stereocenters. The van der Waals surface area contributed by atoms with Crippen LogP contribution in [-0.2, 0) is 19.0 Å². The predicted octanol–water partition coefficient (Wildman–Crippen LogP) is 4.01. The average molecular weight is 398 g/mol. The van der Waals surface area contributed by atoms with Gasteiger partial charge < -0.3 is 20.4 Å². The third kappa shape index (κ3) is 6.06. The molecular formula is C16H12F6O5. The third-order valence-electron chi connectivity index (χ3n) is 3.13.